The molecule has 0 N–H and O–H groups in total. The van der Waals surface area contributed by atoms with E-state index in [1.165, 1.54) is 6.26 Å². The van der Waals surface area contributed by atoms with Gasteiger partial charge in [0, 0.05) is 12.0 Å². The molecule has 0 aliphatic carbocycles. The molecule has 94 valence electrons. The fourth-order valence-corrected chi connectivity index (χ4v) is 1.75. The van der Waals surface area contributed by atoms with Gasteiger partial charge in [0.05, 0.1) is 5.39 Å². The van der Waals surface area contributed by atoms with Crippen molar-refractivity contribution in [3.05, 3.63) is 39.2 Å². The van der Waals surface area contributed by atoms with Gasteiger partial charge in [-0.25, -0.2) is 0 Å². The van der Waals surface area contributed by atoms with Crippen molar-refractivity contribution < 1.29 is 13.9 Å². The summed E-state index contributed by atoms with van der Waals surface area (Å²) in [7, 11) is 0. The van der Waals surface area contributed by atoms with Crippen molar-refractivity contribution >= 4 is 28.5 Å². The summed E-state index contributed by atoms with van der Waals surface area (Å²) in [5.74, 6) is 0.0496. The van der Waals surface area contributed by atoms with Crippen molar-refractivity contribution in [2.24, 2.45) is 0 Å². The molecule has 0 amide bonds. The molecule has 0 saturated heterocycles. The molecule has 0 spiro atoms. The van der Waals surface area contributed by atoms with E-state index < -0.39 is 0 Å². The summed E-state index contributed by atoms with van der Waals surface area (Å²) in [5.41, 5.74) is 0.684. The number of hydrogen-bond donors (Lipinski definition) is 0. The molecule has 0 atom stereocenters. The van der Waals surface area contributed by atoms with Crippen LogP contribution in [0.1, 0.15) is 18.9 Å². The van der Waals surface area contributed by atoms with E-state index >= 15 is 0 Å². The summed E-state index contributed by atoms with van der Waals surface area (Å²) >= 11 is 5.69. The molecule has 18 heavy (non-hydrogen) atoms. The summed E-state index contributed by atoms with van der Waals surface area (Å²) in [4.78, 5) is 23.0. The average molecular weight is 267 g/mol. The van der Waals surface area contributed by atoms with Crippen LogP contribution in [-0.4, -0.2) is 5.97 Å². The van der Waals surface area contributed by atoms with Gasteiger partial charge in [0.2, 0.25) is 5.43 Å². The van der Waals surface area contributed by atoms with Gasteiger partial charge in [-0.3, -0.25) is 9.59 Å². The quantitative estimate of drug-likeness (QED) is 0.619. The predicted molar refractivity (Wildman–Crippen MR) is 68.2 cm³/mol. The number of hydrogen-bond acceptors (Lipinski definition) is 4. The van der Waals surface area contributed by atoms with Crippen LogP contribution < -0.4 is 10.2 Å². The number of ether oxygens (including phenoxy) is 1. The first-order chi connectivity index (χ1) is 8.54. The summed E-state index contributed by atoms with van der Waals surface area (Å²) in [6, 6.07) is 3.11. The van der Waals surface area contributed by atoms with E-state index in [-0.39, 0.29) is 22.8 Å². The third-order valence-corrected chi connectivity index (χ3v) is 2.87. The lowest BCUT2D eigenvalue weighted by Gasteiger charge is -2.08. The Labute approximate surface area is 108 Å². The van der Waals surface area contributed by atoms with E-state index in [0.717, 1.165) is 0 Å². The van der Waals surface area contributed by atoms with Gasteiger partial charge in [-0.15, -0.1) is 0 Å². The first-order valence-electron chi connectivity index (χ1n) is 5.46. The highest BCUT2D eigenvalue weighted by Gasteiger charge is 2.13. The zero-order valence-electron chi connectivity index (χ0n) is 9.95. The maximum absolute atomic E-state index is 11.8. The maximum Gasteiger partial charge on any atom is 0.310 e. The lowest BCUT2D eigenvalue weighted by atomic mass is 10.1. The number of esters is 1. The number of carbonyl (C=O) groups excluding carboxylic acids is 1. The minimum absolute atomic E-state index is 0.0280. The monoisotopic (exact) mass is 266 g/mol. The van der Waals surface area contributed by atoms with Crippen molar-refractivity contribution in [1.82, 2.24) is 0 Å². The molecular weight excluding hydrogens is 256 g/mol. The second-order valence-electron chi connectivity index (χ2n) is 3.81. The molecule has 2 rings (SSSR count). The molecule has 4 nitrogen and oxygen atoms in total. The highest BCUT2D eigenvalue weighted by Crippen LogP contribution is 2.26. The van der Waals surface area contributed by atoms with Gasteiger partial charge >= 0.3 is 5.97 Å². The van der Waals surface area contributed by atoms with E-state index in [9.17, 15) is 9.59 Å². The molecule has 0 bridgehead atoms. The summed E-state index contributed by atoms with van der Waals surface area (Å²) in [6.07, 6.45) is 1.46. The van der Waals surface area contributed by atoms with Gasteiger partial charge < -0.3 is 9.15 Å². The van der Waals surface area contributed by atoms with Crippen LogP contribution in [0.2, 0.25) is 5.02 Å². The first-order valence-corrected chi connectivity index (χ1v) is 5.83. The van der Waals surface area contributed by atoms with Crippen molar-refractivity contribution in [1.29, 1.82) is 0 Å². The molecule has 0 aliphatic rings. The summed E-state index contributed by atoms with van der Waals surface area (Å²) in [5, 5.41) is 0.400. The van der Waals surface area contributed by atoms with E-state index in [1.54, 1.807) is 26.0 Å². The van der Waals surface area contributed by atoms with Crippen LogP contribution in [0, 0.1) is 6.92 Å². The molecule has 1 heterocycles. The topological polar surface area (TPSA) is 56.5 Å². The highest BCUT2D eigenvalue weighted by atomic mass is 35.5. The van der Waals surface area contributed by atoms with Crippen LogP contribution in [0.4, 0.5) is 0 Å². The predicted octanol–water partition coefficient (Wildman–Crippen LogP) is 3.07. The Morgan fingerprint density at radius 2 is 2.17 bits per heavy atom. The van der Waals surface area contributed by atoms with Crippen LogP contribution in [0.3, 0.4) is 0 Å². The summed E-state index contributed by atoms with van der Waals surface area (Å²) < 4.78 is 10.4. The van der Waals surface area contributed by atoms with Crippen LogP contribution in [0.5, 0.6) is 5.75 Å². The van der Waals surface area contributed by atoms with Crippen molar-refractivity contribution in [3.63, 3.8) is 0 Å². The Morgan fingerprint density at radius 3 is 2.83 bits per heavy atom. The maximum atomic E-state index is 11.8. The molecule has 1 aromatic heterocycles. The average Bonchev–Trinajstić information content (AvgIpc) is 2.37. The summed E-state index contributed by atoms with van der Waals surface area (Å²) in [6.45, 7) is 3.43. The Kier molecular flexibility index (Phi) is 3.39. The number of carbonyl (C=O) groups is 1. The number of halogens is 1. The third-order valence-electron chi connectivity index (χ3n) is 2.61. The molecule has 5 heteroatoms. The van der Waals surface area contributed by atoms with Crippen molar-refractivity contribution in [2.75, 3.05) is 0 Å². The minimum Gasteiger partial charge on any atom is -0.462 e. The standard InChI is InChI=1S/C13H11ClO4/c1-3-11(15)18-10-5-4-8-12(16)9(14)6-17-13(8)7(10)2/h4-6H,3H2,1-2H3. The molecule has 0 aliphatic heterocycles. The zero-order chi connectivity index (χ0) is 13.3. The fraction of sp³-hybridized carbons (Fsp3) is 0.231. The molecule has 0 radical (unpaired) electrons. The second kappa shape index (κ2) is 4.82. The minimum atomic E-state index is -0.339. The largest absolute Gasteiger partial charge is 0.462 e. The van der Waals surface area contributed by atoms with Crippen LogP contribution >= 0.6 is 11.6 Å². The Balaban J connectivity index is 2.62. The van der Waals surface area contributed by atoms with Crippen LogP contribution in [0.25, 0.3) is 11.0 Å². The van der Waals surface area contributed by atoms with Gasteiger partial charge in [0.25, 0.3) is 0 Å². The van der Waals surface area contributed by atoms with Gasteiger partial charge in [-0.2, -0.15) is 0 Å². The number of fused-ring (bicyclic) bond motifs is 1. The van der Waals surface area contributed by atoms with E-state index in [4.69, 9.17) is 20.8 Å². The number of benzene rings is 1. The fourth-order valence-electron chi connectivity index (χ4n) is 1.60. The number of aryl methyl sites for hydroxylation is 1. The number of rotatable bonds is 2. The lowest BCUT2D eigenvalue weighted by Crippen LogP contribution is -2.08. The SMILES string of the molecule is CCC(=O)Oc1ccc2c(=O)c(Cl)coc2c1C. The van der Waals surface area contributed by atoms with E-state index in [1.807, 2.05) is 0 Å². The molecule has 1 aromatic carbocycles. The molecule has 0 saturated carbocycles. The van der Waals surface area contributed by atoms with Gasteiger partial charge in [-0.1, -0.05) is 18.5 Å². The van der Waals surface area contributed by atoms with Gasteiger partial charge in [0.1, 0.15) is 22.6 Å². The molecular formula is C13H11ClO4. The highest BCUT2D eigenvalue weighted by molar-refractivity contribution is 6.30. The zero-order valence-corrected chi connectivity index (χ0v) is 10.7. The molecule has 2 aromatic rings. The Hall–Kier alpha value is -1.81. The van der Waals surface area contributed by atoms with Gasteiger partial charge in [0.15, 0.2) is 0 Å². The van der Waals surface area contributed by atoms with Crippen molar-refractivity contribution in [2.45, 2.75) is 20.3 Å². The smallest absolute Gasteiger partial charge is 0.310 e. The Bertz CT molecular complexity index is 672. The van der Waals surface area contributed by atoms with E-state index in [0.29, 0.717) is 22.3 Å². The molecule has 0 fully saturated rings. The normalized spacial score (nSPS) is 10.6. The second-order valence-corrected chi connectivity index (χ2v) is 4.21. The van der Waals surface area contributed by atoms with Crippen molar-refractivity contribution in [3.8, 4) is 5.75 Å². The first kappa shape index (κ1) is 12.6. The Morgan fingerprint density at radius 1 is 1.44 bits per heavy atom. The van der Waals surface area contributed by atoms with E-state index in [2.05, 4.69) is 0 Å². The lowest BCUT2D eigenvalue weighted by molar-refractivity contribution is -0.134. The third kappa shape index (κ3) is 2.11. The van der Waals surface area contributed by atoms with Crippen LogP contribution in [0.15, 0.2) is 27.6 Å². The van der Waals surface area contributed by atoms with Gasteiger partial charge in [-0.05, 0) is 19.1 Å². The molecule has 0 unspecified atom stereocenters. The van der Waals surface area contributed by atoms with Crippen LogP contribution in [-0.2, 0) is 4.79 Å².